The topological polar surface area (TPSA) is 60.5 Å². The molecule has 31 heavy (non-hydrogen) atoms. The van der Waals surface area contributed by atoms with Crippen LogP contribution in [0.3, 0.4) is 0 Å². The molecule has 1 saturated heterocycles. The van der Waals surface area contributed by atoms with Crippen LogP contribution in [-0.4, -0.2) is 30.7 Å². The van der Waals surface area contributed by atoms with Crippen LogP contribution in [0, 0.1) is 5.92 Å². The Morgan fingerprint density at radius 2 is 1.94 bits per heavy atom. The van der Waals surface area contributed by atoms with E-state index in [4.69, 9.17) is 21.1 Å². The van der Waals surface area contributed by atoms with Crippen molar-refractivity contribution in [2.75, 3.05) is 25.1 Å². The van der Waals surface area contributed by atoms with Crippen molar-refractivity contribution in [3.8, 4) is 5.75 Å². The summed E-state index contributed by atoms with van der Waals surface area (Å²) in [4.78, 5) is 18.2. The molecule has 1 aliphatic rings. The maximum absolute atomic E-state index is 13.7. The zero-order valence-electron chi connectivity index (χ0n) is 17.9. The van der Waals surface area contributed by atoms with Crippen molar-refractivity contribution in [2.45, 2.75) is 32.1 Å². The van der Waals surface area contributed by atoms with Gasteiger partial charge in [-0.15, -0.1) is 0 Å². The molecule has 1 aliphatic heterocycles. The lowest BCUT2D eigenvalue weighted by Crippen LogP contribution is -2.45. The molecular weight excluding hydrogens is 412 g/mol. The van der Waals surface area contributed by atoms with Gasteiger partial charge in [-0.25, -0.2) is 0 Å². The Bertz CT molecular complexity index is 1080. The molecule has 0 radical (unpaired) electrons. The van der Waals surface area contributed by atoms with Gasteiger partial charge in [0.15, 0.2) is 0 Å². The summed E-state index contributed by atoms with van der Waals surface area (Å²) < 4.78 is 11.5. The van der Waals surface area contributed by atoms with E-state index in [1.807, 2.05) is 48.5 Å². The summed E-state index contributed by atoms with van der Waals surface area (Å²) in [7, 11) is 0. The highest BCUT2D eigenvalue weighted by molar-refractivity contribution is 6.32. The molecule has 3 aromatic rings. The second-order valence-electron chi connectivity index (χ2n) is 8.34. The SMILES string of the molecule is CC(C)COc1ccc(NC(=O)C2(c3ccccc3Cl)CCOCC2)c2cccnc12. The van der Waals surface area contributed by atoms with Gasteiger partial charge in [-0.1, -0.05) is 43.6 Å². The summed E-state index contributed by atoms with van der Waals surface area (Å²) in [6, 6.07) is 15.2. The van der Waals surface area contributed by atoms with E-state index in [1.54, 1.807) is 6.20 Å². The van der Waals surface area contributed by atoms with Crippen LogP contribution in [0.1, 0.15) is 32.3 Å². The lowest BCUT2D eigenvalue weighted by Gasteiger charge is -2.37. The molecule has 2 aromatic carbocycles. The van der Waals surface area contributed by atoms with Gasteiger partial charge >= 0.3 is 0 Å². The number of amides is 1. The molecule has 0 atom stereocenters. The first kappa shape index (κ1) is 21.6. The Kier molecular flexibility index (Phi) is 6.44. The summed E-state index contributed by atoms with van der Waals surface area (Å²) >= 11 is 6.52. The minimum atomic E-state index is -0.738. The van der Waals surface area contributed by atoms with E-state index >= 15 is 0 Å². The molecule has 1 fully saturated rings. The van der Waals surface area contributed by atoms with Crippen LogP contribution in [0.15, 0.2) is 54.7 Å². The van der Waals surface area contributed by atoms with Gasteiger partial charge in [-0.3, -0.25) is 9.78 Å². The van der Waals surface area contributed by atoms with Crippen molar-refractivity contribution in [2.24, 2.45) is 5.92 Å². The number of carbonyl (C=O) groups excluding carboxylic acids is 1. The van der Waals surface area contributed by atoms with Crippen molar-refractivity contribution >= 4 is 34.1 Å². The number of fused-ring (bicyclic) bond motifs is 1. The normalized spacial score (nSPS) is 15.7. The summed E-state index contributed by atoms with van der Waals surface area (Å²) in [5.41, 5.74) is 1.55. The molecule has 0 aliphatic carbocycles. The van der Waals surface area contributed by atoms with E-state index in [0.717, 1.165) is 16.5 Å². The van der Waals surface area contributed by atoms with E-state index in [2.05, 4.69) is 24.1 Å². The van der Waals surface area contributed by atoms with Crippen LogP contribution in [0.2, 0.25) is 5.02 Å². The van der Waals surface area contributed by atoms with Crippen molar-refractivity contribution in [3.63, 3.8) is 0 Å². The number of carbonyl (C=O) groups is 1. The lowest BCUT2D eigenvalue weighted by molar-refractivity contribution is -0.125. The molecule has 162 valence electrons. The summed E-state index contributed by atoms with van der Waals surface area (Å²) in [5.74, 6) is 1.04. The fourth-order valence-corrected chi connectivity index (χ4v) is 4.38. The molecular formula is C25H27ClN2O3. The number of halogens is 1. The molecule has 1 aromatic heterocycles. The van der Waals surface area contributed by atoms with E-state index in [9.17, 15) is 4.79 Å². The number of aromatic nitrogens is 1. The fourth-order valence-electron chi connectivity index (χ4n) is 4.06. The van der Waals surface area contributed by atoms with Gasteiger partial charge in [0.1, 0.15) is 11.3 Å². The molecule has 5 nitrogen and oxygen atoms in total. The first-order valence-electron chi connectivity index (χ1n) is 10.7. The molecule has 2 heterocycles. The average molecular weight is 439 g/mol. The van der Waals surface area contributed by atoms with Crippen molar-refractivity contribution < 1.29 is 14.3 Å². The number of nitrogens with one attached hydrogen (secondary N) is 1. The van der Waals surface area contributed by atoms with Gasteiger partial charge in [0.25, 0.3) is 0 Å². The second-order valence-corrected chi connectivity index (χ2v) is 8.75. The first-order valence-corrected chi connectivity index (χ1v) is 11.0. The Balaban J connectivity index is 1.70. The third-order valence-electron chi connectivity index (χ3n) is 5.72. The Morgan fingerprint density at radius 1 is 1.16 bits per heavy atom. The number of hydrogen-bond donors (Lipinski definition) is 1. The summed E-state index contributed by atoms with van der Waals surface area (Å²) in [5, 5.41) is 4.61. The Labute approximate surface area is 187 Å². The monoisotopic (exact) mass is 438 g/mol. The van der Waals surface area contributed by atoms with Crippen LogP contribution in [0.4, 0.5) is 5.69 Å². The zero-order chi connectivity index (χ0) is 21.8. The molecule has 6 heteroatoms. The third kappa shape index (κ3) is 4.39. The van der Waals surface area contributed by atoms with E-state index < -0.39 is 5.41 Å². The van der Waals surface area contributed by atoms with Crippen LogP contribution in [0.5, 0.6) is 5.75 Å². The van der Waals surface area contributed by atoms with Gasteiger partial charge in [0.05, 0.1) is 17.7 Å². The Hall–Kier alpha value is -2.63. The average Bonchev–Trinajstić information content (AvgIpc) is 2.79. The predicted octanol–water partition coefficient (Wildman–Crippen LogP) is 5.61. The number of hydrogen-bond acceptors (Lipinski definition) is 4. The fraction of sp³-hybridized carbons (Fsp3) is 0.360. The van der Waals surface area contributed by atoms with Gasteiger partial charge in [-0.2, -0.15) is 0 Å². The second kappa shape index (κ2) is 9.25. The van der Waals surface area contributed by atoms with Gasteiger partial charge in [0.2, 0.25) is 5.91 Å². The van der Waals surface area contributed by atoms with Crippen molar-refractivity contribution in [1.29, 1.82) is 0 Å². The molecule has 4 rings (SSSR count). The Morgan fingerprint density at radius 3 is 2.68 bits per heavy atom. The van der Waals surface area contributed by atoms with E-state index in [1.165, 1.54) is 0 Å². The highest BCUT2D eigenvalue weighted by Crippen LogP contribution is 2.40. The highest BCUT2D eigenvalue weighted by Gasteiger charge is 2.43. The third-order valence-corrected chi connectivity index (χ3v) is 6.05. The van der Waals surface area contributed by atoms with Gasteiger partial charge in [-0.05, 0) is 54.7 Å². The van der Waals surface area contributed by atoms with E-state index in [0.29, 0.717) is 55.0 Å². The maximum Gasteiger partial charge on any atom is 0.235 e. The molecule has 0 spiro atoms. The largest absolute Gasteiger partial charge is 0.491 e. The van der Waals surface area contributed by atoms with Crippen LogP contribution < -0.4 is 10.1 Å². The van der Waals surface area contributed by atoms with E-state index in [-0.39, 0.29) is 5.91 Å². The summed E-state index contributed by atoms with van der Waals surface area (Å²) in [6.07, 6.45) is 2.89. The smallest absolute Gasteiger partial charge is 0.235 e. The van der Waals surface area contributed by atoms with Crippen molar-refractivity contribution in [3.05, 3.63) is 65.3 Å². The lowest BCUT2D eigenvalue weighted by atomic mass is 9.73. The minimum absolute atomic E-state index is 0.0788. The number of pyridine rings is 1. The number of nitrogens with zero attached hydrogens (tertiary/aromatic N) is 1. The van der Waals surface area contributed by atoms with Gasteiger partial charge in [0, 0.05) is 29.8 Å². The molecule has 1 N–H and O–H groups in total. The molecule has 0 unspecified atom stereocenters. The minimum Gasteiger partial charge on any atom is -0.491 e. The van der Waals surface area contributed by atoms with Crippen LogP contribution in [-0.2, 0) is 14.9 Å². The maximum atomic E-state index is 13.7. The number of ether oxygens (including phenoxy) is 2. The highest BCUT2D eigenvalue weighted by atomic mass is 35.5. The van der Waals surface area contributed by atoms with Crippen LogP contribution in [0.25, 0.3) is 10.9 Å². The number of anilines is 1. The zero-order valence-corrected chi connectivity index (χ0v) is 18.6. The predicted molar refractivity (Wildman–Crippen MR) is 124 cm³/mol. The van der Waals surface area contributed by atoms with Crippen molar-refractivity contribution in [1.82, 2.24) is 4.98 Å². The summed E-state index contributed by atoms with van der Waals surface area (Å²) in [6.45, 7) is 5.84. The quantitative estimate of drug-likeness (QED) is 0.543. The molecule has 0 bridgehead atoms. The van der Waals surface area contributed by atoms with Gasteiger partial charge < -0.3 is 14.8 Å². The first-order chi connectivity index (χ1) is 15.0. The standard InChI is InChI=1S/C25H27ClN2O3/c1-17(2)16-31-22-10-9-21(18-6-5-13-27-23(18)22)28-24(29)25(11-14-30-15-12-25)19-7-3-4-8-20(19)26/h3-10,13,17H,11-12,14-16H2,1-2H3,(H,28,29). The van der Waals surface area contributed by atoms with Crippen LogP contribution >= 0.6 is 11.6 Å². The number of benzene rings is 2. The molecule has 1 amide bonds. The molecule has 0 saturated carbocycles. The number of rotatable bonds is 6.